The molecule has 0 aliphatic heterocycles. The van der Waals surface area contributed by atoms with Gasteiger partial charge in [0.25, 0.3) is 0 Å². The molecule has 4 N–H and O–H groups in total. The zero-order chi connectivity index (χ0) is 13.8. The van der Waals surface area contributed by atoms with Gasteiger partial charge in [0.1, 0.15) is 14.7 Å². The third-order valence-electron chi connectivity index (χ3n) is 1.83. The number of sulfonamides is 1. The molecule has 1 aromatic rings. The number of sulfone groups is 1. The molecule has 11 heteroatoms. The minimum atomic E-state index is -3.82. The SMILES string of the molecule is CS(=O)(=O)CCNS(=O)(=O)c1cnc(NN)nc1. The van der Waals surface area contributed by atoms with E-state index in [2.05, 4.69) is 20.1 Å². The van der Waals surface area contributed by atoms with Gasteiger partial charge in [-0.2, -0.15) is 0 Å². The highest BCUT2D eigenvalue weighted by atomic mass is 32.2. The van der Waals surface area contributed by atoms with Gasteiger partial charge in [-0.3, -0.25) is 5.43 Å². The molecule has 1 heterocycles. The number of nitrogens with two attached hydrogens (primary N) is 1. The molecule has 102 valence electrons. The molecule has 0 saturated heterocycles. The summed E-state index contributed by atoms with van der Waals surface area (Å²) in [5.74, 6) is 4.82. The molecule has 0 aromatic carbocycles. The largest absolute Gasteiger partial charge is 0.292 e. The van der Waals surface area contributed by atoms with Crippen molar-refractivity contribution in [1.29, 1.82) is 0 Å². The van der Waals surface area contributed by atoms with Crippen LogP contribution >= 0.6 is 0 Å². The maximum absolute atomic E-state index is 11.7. The van der Waals surface area contributed by atoms with Crippen molar-refractivity contribution in [1.82, 2.24) is 14.7 Å². The van der Waals surface area contributed by atoms with Crippen molar-refractivity contribution in [3.05, 3.63) is 12.4 Å². The van der Waals surface area contributed by atoms with Crippen LogP contribution in [0.1, 0.15) is 0 Å². The van der Waals surface area contributed by atoms with Gasteiger partial charge in [-0.15, -0.1) is 0 Å². The lowest BCUT2D eigenvalue weighted by atomic mass is 10.7. The molecule has 0 fully saturated rings. The van der Waals surface area contributed by atoms with Crippen molar-refractivity contribution >= 4 is 25.8 Å². The first-order valence-electron chi connectivity index (χ1n) is 4.71. The normalized spacial score (nSPS) is 12.3. The van der Waals surface area contributed by atoms with Crippen LogP contribution in [-0.2, 0) is 19.9 Å². The molecule has 18 heavy (non-hydrogen) atoms. The second-order valence-corrected chi connectivity index (χ2v) is 7.44. The minimum Gasteiger partial charge on any atom is -0.292 e. The summed E-state index contributed by atoms with van der Waals surface area (Å²) >= 11 is 0. The quantitative estimate of drug-likeness (QED) is 0.407. The lowest BCUT2D eigenvalue weighted by molar-refractivity contribution is 0.581. The smallest absolute Gasteiger partial charge is 0.243 e. The minimum absolute atomic E-state index is 0.0742. The second kappa shape index (κ2) is 5.56. The van der Waals surface area contributed by atoms with Gasteiger partial charge < -0.3 is 0 Å². The van der Waals surface area contributed by atoms with Crippen LogP contribution in [0.25, 0.3) is 0 Å². The van der Waals surface area contributed by atoms with E-state index in [1.807, 2.05) is 0 Å². The van der Waals surface area contributed by atoms with E-state index in [1.165, 1.54) is 0 Å². The van der Waals surface area contributed by atoms with E-state index in [0.717, 1.165) is 18.6 Å². The Kier molecular flexibility index (Phi) is 4.56. The van der Waals surface area contributed by atoms with Gasteiger partial charge in [0.05, 0.1) is 18.1 Å². The summed E-state index contributed by atoms with van der Waals surface area (Å²) in [4.78, 5) is 7.10. The lowest BCUT2D eigenvalue weighted by Crippen LogP contribution is -2.29. The Morgan fingerprint density at radius 1 is 1.22 bits per heavy atom. The zero-order valence-corrected chi connectivity index (χ0v) is 11.1. The molecule has 0 radical (unpaired) electrons. The first-order chi connectivity index (χ1) is 8.24. The first-order valence-corrected chi connectivity index (χ1v) is 8.25. The third-order valence-corrected chi connectivity index (χ3v) is 4.19. The summed E-state index contributed by atoms with van der Waals surface area (Å²) in [6, 6.07) is 0. The molecule has 0 atom stereocenters. The standard InChI is InChI=1S/C7H13N5O4S2/c1-17(13,14)3-2-11-18(15,16)6-4-9-7(12-8)10-5-6/h4-5,11H,2-3,8H2,1H3,(H,9,10,12). The molecular weight excluding hydrogens is 282 g/mol. The number of nitrogen functional groups attached to an aromatic ring is 1. The van der Waals surface area contributed by atoms with Crippen LogP contribution in [0, 0.1) is 0 Å². The fourth-order valence-electron chi connectivity index (χ4n) is 0.974. The van der Waals surface area contributed by atoms with Crippen molar-refractivity contribution < 1.29 is 16.8 Å². The van der Waals surface area contributed by atoms with Crippen LogP contribution in [-0.4, -0.2) is 45.4 Å². The number of anilines is 1. The molecule has 0 spiro atoms. The number of rotatable bonds is 6. The lowest BCUT2D eigenvalue weighted by Gasteiger charge is -2.05. The Morgan fingerprint density at radius 2 is 1.78 bits per heavy atom. The molecule has 0 saturated carbocycles. The van der Waals surface area contributed by atoms with E-state index >= 15 is 0 Å². The molecule has 1 rings (SSSR count). The molecule has 9 nitrogen and oxygen atoms in total. The van der Waals surface area contributed by atoms with Crippen LogP contribution in [0.4, 0.5) is 5.95 Å². The number of nitrogens with one attached hydrogen (secondary N) is 2. The molecule has 0 aliphatic rings. The summed E-state index contributed by atoms with van der Waals surface area (Å²) in [5.41, 5.74) is 2.15. The Hall–Kier alpha value is -1.30. The summed E-state index contributed by atoms with van der Waals surface area (Å²) in [6.07, 6.45) is 3.14. The molecule has 0 aliphatic carbocycles. The summed E-state index contributed by atoms with van der Waals surface area (Å²) in [7, 11) is -7.04. The van der Waals surface area contributed by atoms with Crippen LogP contribution in [0.2, 0.25) is 0 Å². The zero-order valence-electron chi connectivity index (χ0n) is 9.49. The van der Waals surface area contributed by atoms with Gasteiger partial charge in [0.15, 0.2) is 0 Å². The summed E-state index contributed by atoms with van der Waals surface area (Å²) in [6.45, 7) is -0.210. The van der Waals surface area contributed by atoms with Crippen LogP contribution in [0.3, 0.4) is 0 Å². The monoisotopic (exact) mass is 295 g/mol. The van der Waals surface area contributed by atoms with Crippen molar-refractivity contribution in [2.24, 2.45) is 5.84 Å². The average Bonchev–Trinajstić information content (AvgIpc) is 2.27. The fourth-order valence-corrected chi connectivity index (χ4v) is 2.50. The first kappa shape index (κ1) is 14.8. The molecule has 1 aromatic heterocycles. The van der Waals surface area contributed by atoms with Crippen molar-refractivity contribution in [3.63, 3.8) is 0 Å². The molecule has 0 bridgehead atoms. The van der Waals surface area contributed by atoms with Gasteiger partial charge in [0, 0.05) is 12.8 Å². The maximum atomic E-state index is 11.7. The topological polar surface area (TPSA) is 144 Å². The van der Waals surface area contributed by atoms with Gasteiger partial charge in [-0.05, 0) is 0 Å². The van der Waals surface area contributed by atoms with E-state index in [9.17, 15) is 16.8 Å². The summed E-state index contributed by atoms with van der Waals surface area (Å²) < 4.78 is 47.2. The van der Waals surface area contributed by atoms with Gasteiger partial charge in [0.2, 0.25) is 16.0 Å². The Labute approximate surface area is 105 Å². The van der Waals surface area contributed by atoms with Crippen LogP contribution in [0.5, 0.6) is 0 Å². The highest BCUT2D eigenvalue weighted by Crippen LogP contribution is 2.06. The third kappa shape index (κ3) is 4.52. The predicted octanol–water partition coefficient (Wildman–Crippen LogP) is -1.91. The number of nitrogens with zero attached hydrogens (tertiary/aromatic N) is 2. The maximum Gasteiger partial charge on any atom is 0.243 e. The van der Waals surface area contributed by atoms with Crippen molar-refractivity contribution in [2.45, 2.75) is 4.90 Å². The number of hydrogen-bond acceptors (Lipinski definition) is 8. The van der Waals surface area contributed by atoms with E-state index < -0.39 is 19.9 Å². The van der Waals surface area contributed by atoms with Gasteiger partial charge in [-0.25, -0.2) is 37.4 Å². The Balaban J connectivity index is 2.74. The highest BCUT2D eigenvalue weighted by molar-refractivity contribution is 7.91. The van der Waals surface area contributed by atoms with E-state index in [1.54, 1.807) is 0 Å². The van der Waals surface area contributed by atoms with E-state index in [0.29, 0.717) is 0 Å². The van der Waals surface area contributed by atoms with E-state index in [-0.39, 0.29) is 23.1 Å². The molecule has 0 amide bonds. The Bertz CT molecular complexity index is 595. The second-order valence-electron chi connectivity index (χ2n) is 3.41. The van der Waals surface area contributed by atoms with Crippen LogP contribution in [0.15, 0.2) is 17.3 Å². The van der Waals surface area contributed by atoms with Gasteiger partial charge in [-0.1, -0.05) is 0 Å². The molecule has 0 unspecified atom stereocenters. The number of hydrogen-bond donors (Lipinski definition) is 3. The summed E-state index contributed by atoms with van der Waals surface area (Å²) in [5, 5.41) is 0. The number of aromatic nitrogens is 2. The predicted molar refractivity (Wildman–Crippen MR) is 64.7 cm³/mol. The van der Waals surface area contributed by atoms with Crippen molar-refractivity contribution in [3.8, 4) is 0 Å². The van der Waals surface area contributed by atoms with Crippen molar-refractivity contribution in [2.75, 3.05) is 24.0 Å². The number of hydrazine groups is 1. The van der Waals surface area contributed by atoms with Crippen LogP contribution < -0.4 is 16.0 Å². The fraction of sp³-hybridized carbons (Fsp3) is 0.429. The average molecular weight is 295 g/mol. The molecular formula is C7H13N5O4S2. The Morgan fingerprint density at radius 3 is 2.22 bits per heavy atom. The van der Waals surface area contributed by atoms with E-state index in [4.69, 9.17) is 5.84 Å². The van der Waals surface area contributed by atoms with Gasteiger partial charge >= 0.3 is 0 Å². The highest BCUT2D eigenvalue weighted by Gasteiger charge is 2.15.